The van der Waals surface area contributed by atoms with Crippen molar-refractivity contribution >= 4 is 33.1 Å². The third kappa shape index (κ3) is 6.28. The molecular weight excluding hydrogens is 522 g/mol. The van der Waals surface area contributed by atoms with Crippen molar-refractivity contribution in [1.29, 1.82) is 0 Å². The van der Waals surface area contributed by atoms with Gasteiger partial charge in [-0.2, -0.15) is 0 Å². The van der Waals surface area contributed by atoms with E-state index in [0.717, 1.165) is 24.7 Å². The van der Waals surface area contributed by atoms with Gasteiger partial charge in [-0.1, -0.05) is 0 Å². The zero-order valence-electron chi connectivity index (χ0n) is 22.3. The van der Waals surface area contributed by atoms with E-state index in [1.807, 2.05) is 19.9 Å². The highest BCUT2D eigenvalue weighted by molar-refractivity contribution is 7.90. The molecular formula is C27H31N5O6S. The van der Waals surface area contributed by atoms with Crippen molar-refractivity contribution in [2.75, 3.05) is 36.7 Å². The average Bonchev–Trinajstić information content (AvgIpc) is 2.88. The fourth-order valence-corrected chi connectivity index (χ4v) is 5.11. The standard InChI is InChI=1S/C27H31N5O6S/c1-16(33)29-23-12-21(19(13-28-23)20-7-8-22-26(31-20)37-15-27(2,3)38-22)30-24-10-18(17-6-5-9-36-14-17)11-25(32-24)39(4,34)35/h7-8,10-13,17H,5-6,9,14-15H2,1-4H3,(H2,28,29,30,32,33). The van der Waals surface area contributed by atoms with Crippen LogP contribution in [-0.4, -0.2) is 61.0 Å². The first kappa shape index (κ1) is 26.8. The molecule has 39 heavy (non-hydrogen) atoms. The van der Waals surface area contributed by atoms with Gasteiger partial charge in [-0.05, 0) is 56.5 Å². The number of pyridine rings is 3. The van der Waals surface area contributed by atoms with Gasteiger partial charge in [0, 0.05) is 43.5 Å². The second-order valence-corrected chi connectivity index (χ2v) is 12.3. The Balaban J connectivity index is 1.57. The van der Waals surface area contributed by atoms with E-state index in [0.29, 0.717) is 60.0 Å². The summed E-state index contributed by atoms with van der Waals surface area (Å²) in [6.07, 6.45) is 4.49. The van der Waals surface area contributed by atoms with Crippen LogP contribution in [0.3, 0.4) is 0 Å². The maximum atomic E-state index is 12.5. The molecule has 0 bridgehead atoms. The first-order chi connectivity index (χ1) is 18.5. The average molecular weight is 554 g/mol. The molecule has 11 nitrogen and oxygen atoms in total. The maximum Gasteiger partial charge on any atom is 0.257 e. The summed E-state index contributed by atoms with van der Waals surface area (Å²) >= 11 is 0. The van der Waals surface area contributed by atoms with Crippen LogP contribution in [0.25, 0.3) is 11.3 Å². The number of hydrogen-bond donors (Lipinski definition) is 2. The molecule has 0 aliphatic carbocycles. The van der Waals surface area contributed by atoms with Gasteiger partial charge in [0.2, 0.25) is 5.91 Å². The van der Waals surface area contributed by atoms with E-state index in [9.17, 15) is 13.2 Å². The lowest BCUT2D eigenvalue weighted by molar-refractivity contribution is -0.114. The number of nitrogens with zero attached hydrogens (tertiary/aromatic N) is 3. The molecule has 5 rings (SSSR count). The molecule has 1 saturated heterocycles. The Labute approximate surface area is 227 Å². The van der Waals surface area contributed by atoms with Crippen LogP contribution in [0.2, 0.25) is 0 Å². The summed E-state index contributed by atoms with van der Waals surface area (Å²) in [5, 5.41) is 5.89. The molecule has 3 aromatic rings. The summed E-state index contributed by atoms with van der Waals surface area (Å²) in [5.74, 6) is 1.32. The van der Waals surface area contributed by atoms with Gasteiger partial charge < -0.3 is 24.8 Å². The Morgan fingerprint density at radius 1 is 1.13 bits per heavy atom. The van der Waals surface area contributed by atoms with Crippen LogP contribution in [0.15, 0.2) is 41.6 Å². The molecule has 1 atom stereocenters. The minimum absolute atomic E-state index is 0.0363. The molecule has 1 amide bonds. The molecule has 5 heterocycles. The van der Waals surface area contributed by atoms with Crippen molar-refractivity contribution in [3.8, 4) is 22.9 Å². The predicted octanol–water partition coefficient (Wildman–Crippen LogP) is 4.09. The molecule has 0 saturated carbocycles. The zero-order valence-corrected chi connectivity index (χ0v) is 23.1. The fraction of sp³-hybridized carbons (Fsp3) is 0.407. The number of sulfone groups is 1. The van der Waals surface area contributed by atoms with Crippen molar-refractivity contribution < 1.29 is 27.4 Å². The number of hydrogen-bond acceptors (Lipinski definition) is 10. The first-order valence-corrected chi connectivity index (χ1v) is 14.5. The third-order valence-corrected chi connectivity index (χ3v) is 7.32. The van der Waals surface area contributed by atoms with E-state index in [2.05, 4.69) is 25.6 Å². The maximum absolute atomic E-state index is 12.5. The topological polar surface area (TPSA) is 142 Å². The van der Waals surface area contributed by atoms with E-state index in [1.165, 1.54) is 6.92 Å². The minimum Gasteiger partial charge on any atom is -0.479 e. The summed E-state index contributed by atoms with van der Waals surface area (Å²) in [7, 11) is -3.59. The number of anilines is 3. The highest BCUT2D eigenvalue weighted by Gasteiger charge is 2.29. The first-order valence-electron chi connectivity index (χ1n) is 12.6. The molecule has 1 unspecified atom stereocenters. The molecule has 0 radical (unpaired) electrons. The Hall–Kier alpha value is -3.77. The van der Waals surface area contributed by atoms with E-state index in [-0.39, 0.29) is 16.9 Å². The lowest BCUT2D eigenvalue weighted by Crippen LogP contribution is -2.39. The molecule has 3 aromatic heterocycles. The minimum atomic E-state index is -3.59. The summed E-state index contributed by atoms with van der Waals surface area (Å²) in [6, 6.07) is 8.66. The van der Waals surface area contributed by atoms with Crippen molar-refractivity contribution in [2.24, 2.45) is 0 Å². The summed E-state index contributed by atoms with van der Waals surface area (Å²) in [5.41, 5.74) is 2.01. The number of carbonyl (C=O) groups excluding carboxylic acids is 1. The molecule has 2 aliphatic rings. The van der Waals surface area contributed by atoms with Crippen molar-refractivity contribution in [2.45, 2.75) is 50.2 Å². The van der Waals surface area contributed by atoms with Crippen LogP contribution < -0.4 is 20.1 Å². The Bertz CT molecular complexity index is 1520. The van der Waals surface area contributed by atoms with Gasteiger partial charge in [0.25, 0.3) is 5.88 Å². The van der Waals surface area contributed by atoms with Crippen LogP contribution in [0, 0.1) is 0 Å². The molecule has 1 fully saturated rings. The SMILES string of the molecule is CC(=O)Nc1cc(Nc2cc(C3CCCOC3)cc(S(C)(=O)=O)n2)c(-c2ccc3c(n2)OCC(C)(C)O3)cn1. The fourth-order valence-electron chi connectivity index (χ4n) is 4.50. The molecule has 2 aliphatic heterocycles. The molecule has 2 N–H and O–H groups in total. The van der Waals surface area contributed by atoms with Gasteiger partial charge in [-0.15, -0.1) is 0 Å². The lowest BCUT2D eigenvalue weighted by atomic mass is 9.94. The van der Waals surface area contributed by atoms with Crippen molar-refractivity contribution in [3.05, 3.63) is 42.1 Å². The number of nitrogens with one attached hydrogen (secondary N) is 2. The van der Waals surface area contributed by atoms with Gasteiger partial charge >= 0.3 is 0 Å². The van der Waals surface area contributed by atoms with E-state index >= 15 is 0 Å². The van der Waals surface area contributed by atoms with Crippen LogP contribution in [0.1, 0.15) is 45.1 Å². The number of fused-ring (bicyclic) bond motifs is 1. The second kappa shape index (κ2) is 10.4. The highest BCUT2D eigenvalue weighted by atomic mass is 32.2. The Kier molecular flexibility index (Phi) is 7.17. The smallest absolute Gasteiger partial charge is 0.257 e. The monoisotopic (exact) mass is 553 g/mol. The van der Waals surface area contributed by atoms with Crippen LogP contribution >= 0.6 is 0 Å². The molecule has 0 spiro atoms. The highest BCUT2D eigenvalue weighted by Crippen LogP contribution is 2.38. The number of aromatic nitrogens is 3. The molecule has 206 valence electrons. The lowest BCUT2D eigenvalue weighted by Gasteiger charge is -2.31. The molecule has 0 aromatic carbocycles. The largest absolute Gasteiger partial charge is 0.479 e. The third-order valence-electron chi connectivity index (χ3n) is 6.35. The van der Waals surface area contributed by atoms with Gasteiger partial charge in [0.15, 0.2) is 20.6 Å². The van der Waals surface area contributed by atoms with Crippen molar-refractivity contribution in [1.82, 2.24) is 15.0 Å². The summed E-state index contributed by atoms with van der Waals surface area (Å²) < 4.78 is 42.5. The van der Waals surface area contributed by atoms with E-state index in [1.54, 1.807) is 30.5 Å². The van der Waals surface area contributed by atoms with Crippen LogP contribution in [-0.2, 0) is 19.4 Å². The van der Waals surface area contributed by atoms with Crippen molar-refractivity contribution in [3.63, 3.8) is 0 Å². The number of amides is 1. The predicted molar refractivity (Wildman–Crippen MR) is 145 cm³/mol. The number of rotatable bonds is 6. The van der Waals surface area contributed by atoms with Crippen LogP contribution in [0.5, 0.6) is 11.6 Å². The normalized spacial score (nSPS) is 18.3. The number of carbonyl (C=O) groups is 1. The van der Waals surface area contributed by atoms with Gasteiger partial charge in [-0.25, -0.2) is 23.4 Å². The quantitative estimate of drug-likeness (QED) is 0.458. The van der Waals surface area contributed by atoms with E-state index in [4.69, 9.17) is 14.2 Å². The van der Waals surface area contributed by atoms with Gasteiger partial charge in [-0.3, -0.25) is 4.79 Å². The Morgan fingerprint density at radius 3 is 2.67 bits per heavy atom. The van der Waals surface area contributed by atoms with Gasteiger partial charge in [0.1, 0.15) is 23.8 Å². The zero-order chi connectivity index (χ0) is 27.8. The Morgan fingerprint density at radius 2 is 1.95 bits per heavy atom. The number of ether oxygens (including phenoxy) is 3. The summed E-state index contributed by atoms with van der Waals surface area (Å²) in [4.78, 5) is 25.1. The van der Waals surface area contributed by atoms with Gasteiger partial charge in [0.05, 0.1) is 18.0 Å². The second-order valence-electron chi connectivity index (χ2n) is 10.4. The summed E-state index contributed by atoms with van der Waals surface area (Å²) in [6.45, 7) is 6.80. The van der Waals surface area contributed by atoms with Crippen LogP contribution in [0.4, 0.5) is 17.3 Å². The molecule has 12 heteroatoms. The van der Waals surface area contributed by atoms with E-state index < -0.39 is 15.4 Å².